The molecule has 2 aromatic rings. The number of esters is 1. The van der Waals surface area contributed by atoms with Crippen LogP contribution in [0, 0.1) is 0 Å². The van der Waals surface area contributed by atoms with Crippen LogP contribution in [0.25, 0.3) is 0 Å². The van der Waals surface area contributed by atoms with E-state index in [9.17, 15) is 13.2 Å². The van der Waals surface area contributed by atoms with Gasteiger partial charge in [0.15, 0.2) is 0 Å². The number of carbonyl (C=O) groups is 1. The second-order valence-corrected chi connectivity index (χ2v) is 6.37. The monoisotopic (exact) mass is 340 g/mol. The minimum atomic E-state index is -3.92. The summed E-state index contributed by atoms with van der Waals surface area (Å²) in [5.41, 5.74) is 0.697. The van der Waals surface area contributed by atoms with Crippen LogP contribution >= 0.6 is 11.6 Å². The van der Waals surface area contributed by atoms with Crippen molar-refractivity contribution in [1.82, 2.24) is 0 Å². The van der Waals surface area contributed by atoms with Crippen molar-refractivity contribution in [2.45, 2.75) is 11.3 Å². The fourth-order valence-corrected chi connectivity index (χ4v) is 2.73. The fourth-order valence-electron chi connectivity index (χ4n) is 1.68. The van der Waals surface area contributed by atoms with Crippen molar-refractivity contribution >= 4 is 27.7 Å². The Bertz CT molecular complexity index is 752. The molecule has 0 aliphatic carbocycles. The molecule has 2 aromatic carbocycles. The third kappa shape index (κ3) is 4.22. The van der Waals surface area contributed by atoms with E-state index in [1.165, 1.54) is 43.5 Å². The van der Waals surface area contributed by atoms with Crippen LogP contribution in [0.1, 0.15) is 5.56 Å². The van der Waals surface area contributed by atoms with Crippen LogP contribution in [0.3, 0.4) is 0 Å². The summed E-state index contributed by atoms with van der Waals surface area (Å²) < 4.78 is 33.7. The van der Waals surface area contributed by atoms with E-state index < -0.39 is 10.1 Å². The number of benzene rings is 2. The van der Waals surface area contributed by atoms with Gasteiger partial charge in [0.1, 0.15) is 10.6 Å². The molecule has 0 fully saturated rings. The van der Waals surface area contributed by atoms with Gasteiger partial charge in [0, 0.05) is 5.02 Å². The number of rotatable bonds is 5. The number of hydrogen-bond donors (Lipinski definition) is 0. The van der Waals surface area contributed by atoms with Gasteiger partial charge in [-0.1, -0.05) is 23.7 Å². The molecule has 116 valence electrons. The van der Waals surface area contributed by atoms with Crippen LogP contribution in [-0.4, -0.2) is 21.5 Å². The van der Waals surface area contributed by atoms with Gasteiger partial charge in [-0.2, -0.15) is 8.42 Å². The van der Waals surface area contributed by atoms with E-state index in [2.05, 4.69) is 4.74 Å². The highest BCUT2D eigenvalue weighted by molar-refractivity contribution is 7.87. The predicted octanol–water partition coefficient (Wildman–Crippen LogP) is 2.82. The molecular formula is C15H13ClO5S. The lowest BCUT2D eigenvalue weighted by Gasteiger charge is -2.07. The summed E-state index contributed by atoms with van der Waals surface area (Å²) >= 11 is 5.72. The highest BCUT2D eigenvalue weighted by Gasteiger charge is 2.16. The Balaban J connectivity index is 2.13. The molecule has 0 bridgehead atoms. The summed E-state index contributed by atoms with van der Waals surface area (Å²) in [7, 11) is -2.62. The van der Waals surface area contributed by atoms with Gasteiger partial charge in [0.05, 0.1) is 13.5 Å². The lowest BCUT2D eigenvalue weighted by molar-refractivity contribution is -0.139. The Morgan fingerprint density at radius 1 is 1.05 bits per heavy atom. The first-order valence-electron chi connectivity index (χ1n) is 6.26. The fraction of sp³-hybridized carbons (Fsp3) is 0.133. The standard InChI is InChI=1S/C15H13ClO5S/c1-20-15(17)10-11-2-6-13(7-3-11)21-22(18,19)14-8-4-12(16)5-9-14/h2-9H,10H2,1H3. The predicted molar refractivity (Wildman–Crippen MR) is 81.4 cm³/mol. The van der Waals surface area contributed by atoms with Crippen molar-refractivity contribution in [2.75, 3.05) is 7.11 Å². The zero-order valence-electron chi connectivity index (χ0n) is 11.7. The molecule has 0 spiro atoms. The highest BCUT2D eigenvalue weighted by Crippen LogP contribution is 2.20. The van der Waals surface area contributed by atoms with E-state index in [1.54, 1.807) is 12.1 Å². The molecule has 0 amide bonds. The average Bonchev–Trinajstić information content (AvgIpc) is 2.49. The molecule has 0 heterocycles. The molecule has 0 saturated heterocycles. The van der Waals surface area contributed by atoms with Gasteiger partial charge in [-0.15, -0.1) is 0 Å². The molecule has 7 heteroatoms. The van der Waals surface area contributed by atoms with Crippen LogP contribution in [-0.2, 0) is 26.1 Å². The normalized spacial score (nSPS) is 11.0. The van der Waals surface area contributed by atoms with Gasteiger partial charge in [0.25, 0.3) is 0 Å². The van der Waals surface area contributed by atoms with E-state index in [-0.39, 0.29) is 23.0 Å². The second-order valence-electron chi connectivity index (χ2n) is 4.39. The molecular weight excluding hydrogens is 328 g/mol. The van der Waals surface area contributed by atoms with Crippen molar-refractivity contribution < 1.29 is 22.1 Å². The third-order valence-electron chi connectivity index (χ3n) is 2.81. The Hall–Kier alpha value is -2.05. The highest BCUT2D eigenvalue weighted by atomic mass is 35.5. The quantitative estimate of drug-likeness (QED) is 0.618. The molecule has 0 N–H and O–H groups in total. The first-order chi connectivity index (χ1) is 10.4. The van der Waals surface area contributed by atoms with Gasteiger partial charge in [-0.05, 0) is 42.0 Å². The molecule has 2 rings (SSSR count). The number of hydrogen-bond acceptors (Lipinski definition) is 5. The van der Waals surface area contributed by atoms with Gasteiger partial charge in [-0.3, -0.25) is 4.79 Å². The van der Waals surface area contributed by atoms with E-state index in [0.29, 0.717) is 10.6 Å². The molecule has 0 aromatic heterocycles. The Morgan fingerprint density at radius 2 is 1.64 bits per heavy atom. The maximum Gasteiger partial charge on any atom is 0.339 e. The van der Waals surface area contributed by atoms with Gasteiger partial charge < -0.3 is 8.92 Å². The van der Waals surface area contributed by atoms with Crippen LogP contribution in [0.15, 0.2) is 53.4 Å². The summed E-state index contributed by atoms with van der Waals surface area (Å²) in [6.07, 6.45) is 0.112. The summed E-state index contributed by atoms with van der Waals surface area (Å²) in [6.45, 7) is 0. The molecule has 0 unspecified atom stereocenters. The van der Waals surface area contributed by atoms with Crippen LogP contribution in [0.2, 0.25) is 5.02 Å². The zero-order valence-corrected chi connectivity index (χ0v) is 13.2. The van der Waals surface area contributed by atoms with E-state index >= 15 is 0 Å². The van der Waals surface area contributed by atoms with E-state index in [1.807, 2.05) is 0 Å². The van der Waals surface area contributed by atoms with Gasteiger partial charge >= 0.3 is 16.1 Å². The smallest absolute Gasteiger partial charge is 0.339 e. The molecule has 0 saturated carbocycles. The first kappa shape index (κ1) is 16.3. The van der Waals surface area contributed by atoms with Gasteiger partial charge in [0.2, 0.25) is 0 Å². The van der Waals surface area contributed by atoms with Crippen LogP contribution in [0.5, 0.6) is 5.75 Å². The van der Waals surface area contributed by atoms with Crippen molar-refractivity contribution in [2.24, 2.45) is 0 Å². The molecule has 22 heavy (non-hydrogen) atoms. The van der Waals surface area contributed by atoms with Crippen molar-refractivity contribution in [3.05, 3.63) is 59.1 Å². The Morgan fingerprint density at radius 3 is 2.18 bits per heavy atom. The largest absolute Gasteiger partial charge is 0.469 e. The molecule has 0 atom stereocenters. The molecule has 5 nitrogen and oxygen atoms in total. The number of methoxy groups -OCH3 is 1. The Kier molecular flexibility index (Phi) is 5.05. The van der Waals surface area contributed by atoms with Gasteiger partial charge in [-0.25, -0.2) is 0 Å². The first-order valence-corrected chi connectivity index (χ1v) is 8.05. The minimum absolute atomic E-state index is 0.00976. The number of carbonyl (C=O) groups excluding carboxylic acids is 1. The summed E-state index contributed by atoms with van der Waals surface area (Å²) in [6, 6.07) is 11.8. The number of ether oxygens (including phenoxy) is 1. The number of halogens is 1. The van der Waals surface area contributed by atoms with Crippen LogP contribution in [0.4, 0.5) is 0 Å². The maximum atomic E-state index is 12.1. The topological polar surface area (TPSA) is 69.7 Å². The Labute approximate surface area is 133 Å². The minimum Gasteiger partial charge on any atom is -0.469 e. The molecule has 0 aliphatic rings. The zero-order chi connectivity index (χ0) is 16.2. The van der Waals surface area contributed by atoms with Crippen molar-refractivity contribution in [1.29, 1.82) is 0 Å². The van der Waals surface area contributed by atoms with E-state index in [4.69, 9.17) is 15.8 Å². The van der Waals surface area contributed by atoms with E-state index in [0.717, 1.165) is 0 Å². The SMILES string of the molecule is COC(=O)Cc1ccc(OS(=O)(=O)c2ccc(Cl)cc2)cc1. The molecule has 0 radical (unpaired) electrons. The summed E-state index contributed by atoms with van der Waals surface area (Å²) in [5.74, 6) is -0.217. The molecule has 0 aliphatic heterocycles. The maximum absolute atomic E-state index is 12.1. The summed E-state index contributed by atoms with van der Waals surface area (Å²) in [4.78, 5) is 11.2. The third-order valence-corrected chi connectivity index (χ3v) is 4.32. The summed E-state index contributed by atoms with van der Waals surface area (Å²) in [5, 5.41) is 0.436. The van der Waals surface area contributed by atoms with Crippen molar-refractivity contribution in [3.8, 4) is 5.75 Å². The van der Waals surface area contributed by atoms with Crippen LogP contribution < -0.4 is 4.18 Å². The lowest BCUT2D eigenvalue weighted by Crippen LogP contribution is -2.09. The lowest BCUT2D eigenvalue weighted by atomic mass is 10.1. The van der Waals surface area contributed by atoms with Crippen molar-refractivity contribution in [3.63, 3.8) is 0 Å². The second kappa shape index (κ2) is 6.81. The average molecular weight is 341 g/mol.